The van der Waals surface area contributed by atoms with Gasteiger partial charge in [0, 0.05) is 74.0 Å². The summed E-state index contributed by atoms with van der Waals surface area (Å²) < 4.78 is 16.8. The van der Waals surface area contributed by atoms with Crippen molar-refractivity contribution in [2.75, 3.05) is 14.7 Å². The maximum Gasteiger partial charge on any atom is 0.257 e. The first-order valence-corrected chi connectivity index (χ1v) is 24.7. The van der Waals surface area contributed by atoms with E-state index in [1.54, 1.807) is 0 Å². The van der Waals surface area contributed by atoms with Gasteiger partial charge in [0.15, 0.2) is 0 Å². The summed E-state index contributed by atoms with van der Waals surface area (Å²) in [6, 6.07) is 56.1. The lowest BCUT2D eigenvalue weighted by Crippen LogP contribution is -2.65. The van der Waals surface area contributed by atoms with E-state index in [4.69, 9.17) is 9.15 Å². The number of furan rings is 1. The van der Waals surface area contributed by atoms with Crippen LogP contribution >= 0.6 is 0 Å². The number of hydrogen-bond donors (Lipinski definition) is 0. The van der Waals surface area contributed by atoms with Crippen molar-refractivity contribution in [2.24, 2.45) is 0 Å². The second-order valence-corrected chi connectivity index (χ2v) is 20.1. The van der Waals surface area contributed by atoms with Crippen LogP contribution in [-0.2, 0) is 11.8 Å². The highest BCUT2D eigenvalue weighted by atomic mass is 16.5. The van der Waals surface area contributed by atoms with E-state index in [0.717, 1.165) is 80.3 Å². The van der Waals surface area contributed by atoms with Gasteiger partial charge < -0.3 is 28.4 Å². The zero-order valence-corrected chi connectivity index (χ0v) is 39.1. The molecule has 2 aliphatic carbocycles. The molecule has 0 radical (unpaired) electrons. The van der Waals surface area contributed by atoms with Gasteiger partial charge in [-0.25, -0.2) is 0 Å². The standard InChI is InChI=1S/C63H45BN4O2/c1-37-19-7-12-26-44(37)67-48-33-40(66-46-28-14-9-23-41(46)42-24-10-15-29-47(42)66)34-49-58(48)64-59-50(35-53-56(61(59)67)43-25-11-16-30-52(43)69-53)65(39-21-5-4-6-22-39)51-36-54-57(63(3)32-18-17-31-55(63)70-54)62(60(51)64)68(49)45-27-13-8-20-38(45)2/h4-9,11-23,25-36,55H,10,24H2,1-3H3. The number of anilines is 9. The van der Waals surface area contributed by atoms with E-state index in [9.17, 15) is 0 Å². The number of nitrogens with zero attached hydrogens (tertiary/aromatic N) is 4. The maximum atomic E-state index is 7.25. The summed E-state index contributed by atoms with van der Waals surface area (Å²) in [5.74, 6) is 0.915. The van der Waals surface area contributed by atoms with Crippen LogP contribution in [0.2, 0.25) is 0 Å². The maximum absolute atomic E-state index is 7.25. The number of para-hydroxylation sites is 5. The van der Waals surface area contributed by atoms with Crippen LogP contribution in [0, 0.1) is 13.8 Å². The molecule has 6 aliphatic rings. The highest BCUT2D eigenvalue weighted by molar-refractivity contribution is 7.03. The fourth-order valence-corrected chi connectivity index (χ4v) is 13.4. The molecule has 6 nitrogen and oxygen atoms in total. The third kappa shape index (κ3) is 4.79. The second-order valence-electron chi connectivity index (χ2n) is 20.1. The largest absolute Gasteiger partial charge is 0.485 e. The van der Waals surface area contributed by atoms with Gasteiger partial charge in [-0.2, -0.15) is 0 Å². The Morgan fingerprint density at radius 1 is 0.586 bits per heavy atom. The summed E-state index contributed by atoms with van der Waals surface area (Å²) in [5, 5.41) is 3.55. The number of hydrogen-bond acceptors (Lipinski definition) is 5. The first kappa shape index (κ1) is 38.5. The lowest BCUT2D eigenvalue weighted by molar-refractivity contribution is 0.228. The number of fused-ring (bicyclic) bond motifs is 11. The Balaban J connectivity index is 1.15. The van der Waals surface area contributed by atoms with E-state index >= 15 is 0 Å². The lowest BCUT2D eigenvalue weighted by Gasteiger charge is -2.50. The van der Waals surface area contributed by atoms with Crippen molar-refractivity contribution >= 4 is 113 Å². The van der Waals surface area contributed by atoms with Crippen LogP contribution in [0.3, 0.4) is 0 Å². The van der Waals surface area contributed by atoms with E-state index in [1.807, 2.05) is 0 Å². The molecule has 332 valence electrons. The first-order valence-electron chi connectivity index (χ1n) is 24.7. The predicted octanol–water partition coefficient (Wildman–Crippen LogP) is 14.1. The summed E-state index contributed by atoms with van der Waals surface area (Å²) >= 11 is 0. The van der Waals surface area contributed by atoms with Crippen LogP contribution < -0.4 is 35.8 Å². The molecule has 0 amide bonds. The SMILES string of the molecule is Cc1ccccc1N1c2cc(-n3c4c(c5ccccc53)CCC=C4)cc3c2B2c4c(cc5c(c41)C1(C)C=CC=CC1O5)N(c1ccccc1)c1cc4oc5ccccc5c4c(c12)N3c1ccccc1C. The zero-order valence-electron chi connectivity index (χ0n) is 39.1. The van der Waals surface area contributed by atoms with Crippen molar-refractivity contribution in [1.29, 1.82) is 0 Å². The van der Waals surface area contributed by atoms with Crippen molar-refractivity contribution in [3.05, 3.63) is 210 Å². The van der Waals surface area contributed by atoms with Crippen molar-refractivity contribution in [3.8, 4) is 11.4 Å². The molecule has 10 aromatic rings. The van der Waals surface area contributed by atoms with E-state index in [0.29, 0.717) is 0 Å². The molecule has 0 bridgehead atoms. The molecule has 8 aromatic carbocycles. The van der Waals surface area contributed by atoms with Crippen LogP contribution in [0.15, 0.2) is 186 Å². The van der Waals surface area contributed by atoms with E-state index < -0.39 is 5.41 Å². The average molecular weight is 901 g/mol. The topological polar surface area (TPSA) is 37.0 Å². The molecule has 0 saturated carbocycles. The Hall–Kier alpha value is -8.42. The minimum Gasteiger partial charge on any atom is -0.485 e. The summed E-state index contributed by atoms with van der Waals surface area (Å²) in [5.41, 5.74) is 24.1. The number of benzene rings is 8. The smallest absolute Gasteiger partial charge is 0.257 e. The number of ether oxygens (including phenoxy) is 1. The Labute approximate surface area is 406 Å². The molecule has 16 rings (SSSR count). The summed E-state index contributed by atoms with van der Waals surface area (Å²) in [4.78, 5) is 7.76. The molecule has 4 aliphatic heterocycles. The normalized spacial score (nSPS) is 18.4. The Morgan fingerprint density at radius 3 is 2.03 bits per heavy atom. The van der Waals surface area contributed by atoms with Gasteiger partial charge in [-0.3, -0.25) is 0 Å². The van der Waals surface area contributed by atoms with Gasteiger partial charge in [0.2, 0.25) is 0 Å². The van der Waals surface area contributed by atoms with Gasteiger partial charge in [-0.05, 0) is 127 Å². The van der Waals surface area contributed by atoms with Gasteiger partial charge >= 0.3 is 0 Å². The average Bonchev–Trinajstić information content (AvgIpc) is 4.04. The molecule has 2 unspecified atom stereocenters. The van der Waals surface area contributed by atoms with Crippen molar-refractivity contribution < 1.29 is 9.15 Å². The molecule has 2 aromatic heterocycles. The van der Waals surface area contributed by atoms with Crippen LogP contribution in [0.1, 0.15) is 41.3 Å². The lowest BCUT2D eigenvalue weighted by atomic mass is 9.31. The van der Waals surface area contributed by atoms with E-state index in [-0.39, 0.29) is 12.8 Å². The monoisotopic (exact) mass is 900 g/mol. The molecule has 0 fully saturated rings. The molecular weight excluding hydrogens is 856 g/mol. The summed E-state index contributed by atoms with van der Waals surface area (Å²) in [7, 11) is 0. The van der Waals surface area contributed by atoms with Crippen molar-refractivity contribution in [3.63, 3.8) is 0 Å². The van der Waals surface area contributed by atoms with Gasteiger partial charge in [-0.15, -0.1) is 0 Å². The first-order chi connectivity index (χ1) is 34.5. The van der Waals surface area contributed by atoms with Crippen molar-refractivity contribution in [1.82, 2.24) is 4.57 Å². The quantitative estimate of drug-likeness (QED) is 0.165. The van der Waals surface area contributed by atoms with Gasteiger partial charge in [0.05, 0.1) is 33.4 Å². The molecule has 2 atom stereocenters. The molecule has 0 N–H and O–H groups in total. The molecule has 70 heavy (non-hydrogen) atoms. The van der Waals surface area contributed by atoms with Gasteiger partial charge in [0.25, 0.3) is 6.71 Å². The zero-order chi connectivity index (χ0) is 46.1. The Bertz CT molecular complexity index is 4080. The fourth-order valence-electron chi connectivity index (χ4n) is 13.4. The van der Waals surface area contributed by atoms with Crippen LogP contribution in [-0.4, -0.2) is 17.4 Å². The highest BCUT2D eigenvalue weighted by Gasteiger charge is 2.56. The third-order valence-corrected chi connectivity index (χ3v) is 16.4. The summed E-state index contributed by atoms with van der Waals surface area (Å²) in [6.07, 6.45) is 15.6. The molecule has 6 heterocycles. The number of allylic oxidation sites excluding steroid dienone is 3. The molecular formula is C63H45BN4O2. The molecule has 0 saturated heterocycles. The highest BCUT2D eigenvalue weighted by Crippen LogP contribution is 2.60. The molecule has 7 heteroatoms. The Kier molecular flexibility index (Phi) is 7.51. The van der Waals surface area contributed by atoms with Crippen LogP contribution in [0.5, 0.6) is 5.75 Å². The number of aromatic nitrogens is 1. The fraction of sp³-hybridized carbons (Fsp3) is 0.111. The van der Waals surface area contributed by atoms with Gasteiger partial charge in [-0.1, -0.05) is 115 Å². The van der Waals surface area contributed by atoms with Crippen LogP contribution in [0.4, 0.5) is 51.2 Å². The van der Waals surface area contributed by atoms with Gasteiger partial charge in [0.1, 0.15) is 23.0 Å². The van der Waals surface area contributed by atoms with E-state index in [2.05, 4.69) is 228 Å². The van der Waals surface area contributed by atoms with Crippen LogP contribution in [0.25, 0.3) is 44.6 Å². The second kappa shape index (κ2) is 13.6. The number of aryl methyl sites for hydroxylation is 3. The molecule has 0 spiro atoms. The summed E-state index contributed by atoms with van der Waals surface area (Å²) in [6.45, 7) is 6.75. The number of rotatable bonds is 4. The predicted molar refractivity (Wildman–Crippen MR) is 290 cm³/mol. The third-order valence-electron chi connectivity index (χ3n) is 16.4. The van der Waals surface area contributed by atoms with E-state index in [1.165, 1.54) is 72.3 Å². The minimum absolute atomic E-state index is 0.154. The Morgan fingerprint density at radius 2 is 1.24 bits per heavy atom. The van der Waals surface area contributed by atoms with Crippen molar-refractivity contribution in [2.45, 2.75) is 45.1 Å². The minimum atomic E-state index is -0.443.